The van der Waals surface area contributed by atoms with Gasteiger partial charge in [0.2, 0.25) is 11.8 Å². The second-order valence-corrected chi connectivity index (χ2v) is 14.1. The highest BCUT2D eigenvalue weighted by Gasteiger charge is 2.35. The summed E-state index contributed by atoms with van der Waals surface area (Å²) in [5.74, 6) is -0.943. The first kappa shape index (κ1) is 35.3. The van der Waals surface area contributed by atoms with Crippen LogP contribution < -0.4 is 9.62 Å². The fourth-order valence-corrected chi connectivity index (χ4v) is 6.86. The first-order valence-electron chi connectivity index (χ1n) is 14.9. The lowest BCUT2D eigenvalue weighted by Gasteiger charge is -2.34. The molecule has 1 N–H and O–H groups in total. The minimum absolute atomic E-state index is 0.0238. The van der Waals surface area contributed by atoms with Gasteiger partial charge >= 0.3 is 0 Å². The number of sulfonamides is 1. The molecule has 4 rings (SSSR count). The van der Waals surface area contributed by atoms with Crippen molar-refractivity contribution in [2.45, 2.75) is 50.6 Å². The number of nitrogens with zero attached hydrogens (tertiary/aromatic N) is 2. The number of benzene rings is 4. The molecule has 0 aliphatic rings. The van der Waals surface area contributed by atoms with Gasteiger partial charge in [-0.15, -0.1) is 0 Å². The fourth-order valence-electron chi connectivity index (χ4n) is 4.87. The van der Waals surface area contributed by atoms with Crippen LogP contribution in [0, 0.1) is 6.92 Å². The number of nitrogens with one attached hydrogen (secondary N) is 1. The average Bonchev–Trinajstić information content (AvgIpc) is 3.04. The molecule has 0 spiro atoms. The smallest absolute Gasteiger partial charge is 0.264 e. The zero-order chi connectivity index (χ0) is 33.3. The van der Waals surface area contributed by atoms with Crippen LogP contribution in [0.25, 0.3) is 0 Å². The summed E-state index contributed by atoms with van der Waals surface area (Å²) in [6, 6.07) is 26.1. The molecular formula is C35H36Cl3N3O4S. The van der Waals surface area contributed by atoms with Crippen molar-refractivity contribution >= 4 is 62.3 Å². The van der Waals surface area contributed by atoms with Crippen LogP contribution in [0.15, 0.2) is 102 Å². The van der Waals surface area contributed by atoms with E-state index in [0.29, 0.717) is 17.1 Å². The number of aryl methyl sites for hydroxylation is 1. The monoisotopic (exact) mass is 699 g/mol. The summed E-state index contributed by atoms with van der Waals surface area (Å²) in [4.78, 5) is 29.8. The molecule has 0 saturated heterocycles. The molecule has 4 aromatic carbocycles. The van der Waals surface area contributed by atoms with Crippen LogP contribution in [0.4, 0.5) is 5.69 Å². The van der Waals surface area contributed by atoms with E-state index in [1.807, 2.05) is 44.2 Å². The SMILES string of the molecule is CCCCNC(=O)[C@@H](Cc1ccccc1)N(Cc1ccc(Cl)cc1)C(=O)CN(c1cc(Cl)ccc1Cl)S(=O)(=O)c1ccc(C)cc1. The number of amides is 2. The van der Waals surface area contributed by atoms with Gasteiger partial charge in [-0.05, 0) is 66.9 Å². The Labute approximate surface area is 286 Å². The van der Waals surface area contributed by atoms with E-state index in [1.165, 1.54) is 35.2 Å². The van der Waals surface area contributed by atoms with E-state index in [9.17, 15) is 18.0 Å². The van der Waals surface area contributed by atoms with Crippen LogP contribution in [0.5, 0.6) is 0 Å². The summed E-state index contributed by atoms with van der Waals surface area (Å²) < 4.78 is 29.3. The maximum absolute atomic E-state index is 14.5. The molecule has 0 heterocycles. The maximum atomic E-state index is 14.5. The van der Waals surface area contributed by atoms with Crippen LogP contribution >= 0.6 is 34.8 Å². The third-order valence-electron chi connectivity index (χ3n) is 7.43. The number of anilines is 1. The second kappa shape index (κ2) is 16.3. The van der Waals surface area contributed by atoms with Crippen molar-refractivity contribution in [1.29, 1.82) is 0 Å². The fraction of sp³-hybridized carbons (Fsp3) is 0.257. The third kappa shape index (κ3) is 9.26. The number of halogens is 3. The molecule has 0 aliphatic heterocycles. The van der Waals surface area contributed by atoms with E-state index < -0.39 is 28.5 Å². The molecule has 242 valence electrons. The second-order valence-electron chi connectivity index (χ2n) is 10.9. The van der Waals surface area contributed by atoms with Gasteiger partial charge in [0.25, 0.3) is 10.0 Å². The van der Waals surface area contributed by atoms with Crippen LogP contribution in [0.1, 0.15) is 36.5 Å². The first-order chi connectivity index (χ1) is 22.0. The van der Waals surface area contributed by atoms with E-state index in [-0.39, 0.29) is 39.5 Å². The Balaban J connectivity index is 1.81. The maximum Gasteiger partial charge on any atom is 0.264 e. The number of hydrogen-bond donors (Lipinski definition) is 1. The van der Waals surface area contributed by atoms with Crippen LogP contribution in [0.2, 0.25) is 15.1 Å². The molecule has 1 atom stereocenters. The topological polar surface area (TPSA) is 86.8 Å². The Kier molecular flexibility index (Phi) is 12.5. The van der Waals surface area contributed by atoms with Gasteiger partial charge in [0, 0.05) is 29.6 Å². The number of unbranched alkanes of at least 4 members (excludes halogenated alkanes) is 1. The van der Waals surface area contributed by atoms with Crippen molar-refractivity contribution in [3.63, 3.8) is 0 Å². The van der Waals surface area contributed by atoms with Crippen molar-refractivity contribution in [2.75, 3.05) is 17.4 Å². The summed E-state index contributed by atoms with van der Waals surface area (Å²) in [6.07, 6.45) is 1.86. The largest absolute Gasteiger partial charge is 0.354 e. The summed E-state index contributed by atoms with van der Waals surface area (Å²) in [6.45, 7) is 3.69. The van der Waals surface area contributed by atoms with Crippen molar-refractivity contribution < 1.29 is 18.0 Å². The summed E-state index contributed by atoms with van der Waals surface area (Å²) in [5, 5.41) is 3.83. The zero-order valence-electron chi connectivity index (χ0n) is 25.6. The standard InChI is InChI=1S/C35H36Cl3N3O4S/c1-3-4-20-39-35(43)33(21-26-8-6-5-7-9-26)40(23-27-12-14-28(36)15-13-27)34(42)24-41(32-22-29(37)16-19-31(32)38)46(44,45)30-17-10-25(2)11-18-30/h5-19,22,33H,3-4,20-21,23-24H2,1-2H3,(H,39,43)/t33-/m1/s1. The molecule has 0 unspecified atom stereocenters. The van der Waals surface area contributed by atoms with Crippen LogP contribution in [-0.2, 0) is 32.6 Å². The van der Waals surface area contributed by atoms with Crippen molar-refractivity contribution in [3.05, 3.63) is 129 Å². The quantitative estimate of drug-likeness (QED) is 0.137. The molecule has 0 aromatic heterocycles. The Morgan fingerprint density at radius 3 is 2.13 bits per heavy atom. The van der Waals surface area contributed by atoms with E-state index in [2.05, 4.69) is 5.32 Å². The summed E-state index contributed by atoms with van der Waals surface area (Å²) in [7, 11) is -4.31. The minimum Gasteiger partial charge on any atom is -0.354 e. The molecule has 0 bridgehead atoms. The van der Waals surface area contributed by atoms with Gasteiger partial charge in [-0.1, -0.05) is 108 Å². The Hall–Kier alpha value is -3.56. The van der Waals surface area contributed by atoms with Crippen molar-refractivity contribution in [2.24, 2.45) is 0 Å². The van der Waals surface area contributed by atoms with Gasteiger partial charge in [-0.3, -0.25) is 13.9 Å². The van der Waals surface area contributed by atoms with E-state index >= 15 is 0 Å². The van der Waals surface area contributed by atoms with E-state index in [4.69, 9.17) is 34.8 Å². The van der Waals surface area contributed by atoms with E-state index in [0.717, 1.165) is 28.3 Å². The molecule has 4 aromatic rings. The Morgan fingerprint density at radius 1 is 0.826 bits per heavy atom. The van der Waals surface area contributed by atoms with Gasteiger partial charge in [-0.25, -0.2) is 8.42 Å². The molecule has 0 radical (unpaired) electrons. The minimum atomic E-state index is -4.31. The van der Waals surface area contributed by atoms with Gasteiger partial charge in [0.1, 0.15) is 12.6 Å². The summed E-state index contributed by atoms with van der Waals surface area (Å²) in [5.41, 5.74) is 2.47. The van der Waals surface area contributed by atoms with Crippen LogP contribution in [0.3, 0.4) is 0 Å². The Morgan fingerprint density at radius 2 is 1.48 bits per heavy atom. The lowest BCUT2D eigenvalue weighted by molar-refractivity contribution is -0.140. The first-order valence-corrected chi connectivity index (χ1v) is 17.5. The summed E-state index contributed by atoms with van der Waals surface area (Å²) >= 11 is 19.0. The molecule has 0 fully saturated rings. The molecule has 11 heteroatoms. The average molecular weight is 701 g/mol. The normalized spacial score (nSPS) is 11.9. The molecule has 2 amide bonds. The number of rotatable bonds is 14. The molecule has 46 heavy (non-hydrogen) atoms. The van der Waals surface area contributed by atoms with Gasteiger partial charge < -0.3 is 10.2 Å². The molecule has 0 saturated carbocycles. The highest BCUT2D eigenvalue weighted by atomic mass is 35.5. The molecule has 0 aliphatic carbocycles. The number of hydrogen-bond acceptors (Lipinski definition) is 4. The lowest BCUT2D eigenvalue weighted by Crippen LogP contribution is -2.53. The zero-order valence-corrected chi connectivity index (χ0v) is 28.7. The lowest BCUT2D eigenvalue weighted by atomic mass is 10.0. The van der Waals surface area contributed by atoms with E-state index in [1.54, 1.807) is 36.4 Å². The Bertz CT molecular complexity index is 1740. The van der Waals surface area contributed by atoms with Crippen LogP contribution in [-0.4, -0.2) is 44.3 Å². The van der Waals surface area contributed by atoms with Gasteiger partial charge in [0.05, 0.1) is 15.6 Å². The number of carbonyl (C=O) groups excluding carboxylic acids is 2. The van der Waals surface area contributed by atoms with Gasteiger partial charge in [0.15, 0.2) is 0 Å². The molecular weight excluding hydrogens is 665 g/mol. The predicted octanol–water partition coefficient (Wildman–Crippen LogP) is 7.71. The predicted molar refractivity (Wildman–Crippen MR) is 186 cm³/mol. The highest BCUT2D eigenvalue weighted by Crippen LogP contribution is 2.33. The highest BCUT2D eigenvalue weighted by molar-refractivity contribution is 7.92. The third-order valence-corrected chi connectivity index (χ3v) is 10.0. The molecule has 7 nitrogen and oxygen atoms in total. The van der Waals surface area contributed by atoms with Gasteiger partial charge in [-0.2, -0.15) is 0 Å². The number of carbonyl (C=O) groups is 2. The van der Waals surface area contributed by atoms with Crippen molar-refractivity contribution in [1.82, 2.24) is 10.2 Å². The van der Waals surface area contributed by atoms with Crippen molar-refractivity contribution in [3.8, 4) is 0 Å².